The molecule has 1 fully saturated rings. The molecule has 1 aliphatic carbocycles. The molecule has 11 heteroatoms. The van der Waals surface area contributed by atoms with Gasteiger partial charge in [0.1, 0.15) is 23.0 Å². The highest BCUT2D eigenvalue weighted by Gasteiger charge is 2.23. The molecule has 0 unspecified atom stereocenters. The van der Waals surface area contributed by atoms with Gasteiger partial charge in [0, 0.05) is 18.7 Å². The quantitative estimate of drug-likeness (QED) is 0.613. The van der Waals surface area contributed by atoms with Gasteiger partial charge in [-0.2, -0.15) is 0 Å². The van der Waals surface area contributed by atoms with E-state index in [9.17, 15) is 22.8 Å². The van der Waals surface area contributed by atoms with Crippen LogP contribution in [0, 0.1) is 11.7 Å². The van der Waals surface area contributed by atoms with Crippen LogP contribution in [0.2, 0.25) is 5.02 Å². The normalized spacial score (nSPS) is 18.3. The SMILES string of the molecule is O=C(COc1ccc(Cl)c(F)c1)NC1CCC(CNC(=O)c2cnc(C(F)F)cn2)CC1. The first-order valence-electron chi connectivity index (χ1n) is 10.1. The fraction of sp³-hybridized carbons (Fsp3) is 0.429. The van der Waals surface area contributed by atoms with Crippen LogP contribution in [0.4, 0.5) is 13.2 Å². The van der Waals surface area contributed by atoms with Crippen LogP contribution in [0.1, 0.15) is 48.3 Å². The van der Waals surface area contributed by atoms with E-state index in [1.165, 1.54) is 12.1 Å². The van der Waals surface area contributed by atoms with Crippen LogP contribution >= 0.6 is 11.6 Å². The van der Waals surface area contributed by atoms with E-state index >= 15 is 0 Å². The number of carbonyl (C=O) groups is 2. The van der Waals surface area contributed by atoms with Gasteiger partial charge >= 0.3 is 0 Å². The first kappa shape index (κ1) is 23.8. The van der Waals surface area contributed by atoms with Gasteiger partial charge in [-0.1, -0.05) is 11.6 Å². The third-order valence-electron chi connectivity index (χ3n) is 5.15. The van der Waals surface area contributed by atoms with Gasteiger partial charge in [-0.05, 0) is 43.7 Å². The van der Waals surface area contributed by atoms with Crippen molar-refractivity contribution in [3.63, 3.8) is 0 Å². The number of halogens is 4. The molecule has 1 aliphatic rings. The molecule has 32 heavy (non-hydrogen) atoms. The molecule has 0 aliphatic heterocycles. The number of nitrogens with one attached hydrogen (secondary N) is 2. The fourth-order valence-corrected chi connectivity index (χ4v) is 3.51. The summed E-state index contributed by atoms with van der Waals surface area (Å²) >= 11 is 5.61. The van der Waals surface area contributed by atoms with Crippen LogP contribution in [-0.4, -0.2) is 41.0 Å². The summed E-state index contributed by atoms with van der Waals surface area (Å²) in [6, 6.07) is 3.95. The number of hydrogen-bond acceptors (Lipinski definition) is 5. The lowest BCUT2D eigenvalue weighted by Gasteiger charge is -2.29. The summed E-state index contributed by atoms with van der Waals surface area (Å²) < 4.78 is 43.7. The fourth-order valence-electron chi connectivity index (χ4n) is 3.39. The monoisotopic (exact) mass is 470 g/mol. The predicted molar refractivity (Wildman–Crippen MR) is 110 cm³/mol. The Morgan fingerprint density at radius 3 is 2.53 bits per heavy atom. The smallest absolute Gasteiger partial charge is 0.281 e. The van der Waals surface area contributed by atoms with E-state index in [0.29, 0.717) is 6.54 Å². The summed E-state index contributed by atoms with van der Waals surface area (Å²) in [5, 5.41) is 5.61. The molecule has 3 rings (SSSR count). The molecule has 2 aromatic rings. The number of carbonyl (C=O) groups excluding carboxylic acids is 2. The Kier molecular flexibility index (Phi) is 8.26. The lowest BCUT2D eigenvalue weighted by atomic mass is 9.86. The molecule has 1 aromatic carbocycles. The Hall–Kier alpha value is -2.88. The number of ether oxygens (including phenoxy) is 1. The third kappa shape index (κ3) is 6.81. The van der Waals surface area contributed by atoms with E-state index in [1.54, 1.807) is 0 Å². The molecule has 0 bridgehead atoms. The van der Waals surface area contributed by atoms with Crippen LogP contribution in [0.3, 0.4) is 0 Å². The Labute approximate surface area is 187 Å². The molecule has 1 heterocycles. The molecule has 2 amide bonds. The van der Waals surface area contributed by atoms with Crippen LogP contribution in [0.15, 0.2) is 30.6 Å². The van der Waals surface area contributed by atoms with Crippen molar-refractivity contribution in [1.29, 1.82) is 0 Å². The average molecular weight is 471 g/mol. The highest BCUT2D eigenvalue weighted by Crippen LogP contribution is 2.24. The second kappa shape index (κ2) is 11.1. The van der Waals surface area contributed by atoms with Crippen molar-refractivity contribution in [1.82, 2.24) is 20.6 Å². The van der Waals surface area contributed by atoms with Gasteiger partial charge in [0.05, 0.1) is 17.4 Å². The van der Waals surface area contributed by atoms with Crippen molar-refractivity contribution in [2.45, 2.75) is 38.2 Å². The molecule has 1 saturated carbocycles. The molecule has 0 saturated heterocycles. The molecule has 1 aromatic heterocycles. The summed E-state index contributed by atoms with van der Waals surface area (Å²) in [5.41, 5.74) is -0.497. The van der Waals surface area contributed by atoms with E-state index in [-0.39, 0.29) is 40.9 Å². The zero-order valence-corrected chi connectivity index (χ0v) is 17.7. The lowest BCUT2D eigenvalue weighted by Crippen LogP contribution is -2.41. The van der Waals surface area contributed by atoms with Crippen molar-refractivity contribution < 1.29 is 27.5 Å². The number of hydrogen-bond donors (Lipinski definition) is 2. The van der Waals surface area contributed by atoms with Gasteiger partial charge in [0.2, 0.25) is 0 Å². The van der Waals surface area contributed by atoms with Gasteiger partial charge in [-0.15, -0.1) is 0 Å². The molecule has 0 radical (unpaired) electrons. The summed E-state index contributed by atoms with van der Waals surface area (Å²) in [7, 11) is 0. The van der Waals surface area contributed by atoms with Gasteiger partial charge in [-0.25, -0.2) is 18.2 Å². The van der Waals surface area contributed by atoms with Crippen molar-refractivity contribution in [2.75, 3.05) is 13.2 Å². The summed E-state index contributed by atoms with van der Waals surface area (Å²) in [4.78, 5) is 31.4. The number of aromatic nitrogens is 2. The number of nitrogens with zero attached hydrogens (tertiary/aromatic N) is 2. The first-order valence-corrected chi connectivity index (χ1v) is 10.4. The van der Waals surface area contributed by atoms with Crippen LogP contribution in [-0.2, 0) is 4.79 Å². The van der Waals surface area contributed by atoms with Crippen LogP contribution in [0.25, 0.3) is 0 Å². The molecule has 0 atom stereocenters. The third-order valence-corrected chi connectivity index (χ3v) is 5.46. The minimum atomic E-state index is -2.73. The van der Waals surface area contributed by atoms with Crippen LogP contribution in [0.5, 0.6) is 5.75 Å². The number of amides is 2. The maximum Gasteiger partial charge on any atom is 0.281 e. The second-order valence-electron chi connectivity index (χ2n) is 7.49. The number of rotatable bonds is 8. The second-order valence-corrected chi connectivity index (χ2v) is 7.89. The minimum Gasteiger partial charge on any atom is -0.484 e. The van der Waals surface area contributed by atoms with E-state index < -0.39 is 23.8 Å². The Morgan fingerprint density at radius 2 is 1.91 bits per heavy atom. The molecule has 172 valence electrons. The zero-order valence-electron chi connectivity index (χ0n) is 17.0. The van der Waals surface area contributed by atoms with Gasteiger partial charge in [0.15, 0.2) is 6.61 Å². The Balaban J connectivity index is 1.35. The van der Waals surface area contributed by atoms with Crippen molar-refractivity contribution in [3.05, 3.63) is 52.8 Å². The molecule has 2 N–H and O–H groups in total. The minimum absolute atomic E-state index is 0.00670. The maximum absolute atomic E-state index is 13.4. The van der Waals surface area contributed by atoms with E-state index in [1.807, 2.05) is 0 Å². The topological polar surface area (TPSA) is 93.2 Å². The van der Waals surface area contributed by atoms with Gasteiger partial charge in [-0.3, -0.25) is 14.6 Å². The average Bonchev–Trinajstić information content (AvgIpc) is 2.79. The van der Waals surface area contributed by atoms with Gasteiger partial charge in [0.25, 0.3) is 18.2 Å². The highest BCUT2D eigenvalue weighted by molar-refractivity contribution is 6.30. The Morgan fingerprint density at radius 1 is 1.16 bits per heavy atom. The van der Waals surface area contributed by atoms with Crippen LogP contribution < -0.4 is 15.4 Å². The predicted octanol–water partition coefficient (Wildman–Crippen LogP) is 3.69. The first-order chi connectivity index (χ1) is 15.3. The molecule has 0 spiro atoms. The summed E-state index contributed by atoms with van der Waals surface area (Å²) in [6.07, 6.45) is 2.26. The van der Waals surface area contributed by atoms with Crippen molar-refractivity contribution in [2.24, 2.45) is 5.92 Å². The number of benzene rings is 1. The summed E-state index contributed by atoms with van der Waals surface area (Å²) in [6.45, 7) is 0.186. The van der Waals surface area contributed by atoms with Crippen molar-refractivity contribution >= 4 is 23.4 Å². The Bertz CT molecular complexity index is 938. The molecular weight excluding hydrogens is 449 g/mol. The highest BCUT2D eigenvalue weighted by atomic mass is 35.5. The molecular formula is C21H22ClF3N4O3. The lowest BCUT2D eigenvalue weighted by molar-refractivity contribution is -0.124. The standard InChI is InChI=1S/C21H22ClF3N4O3/c22-15-6-5-14(7-16(15)23)32-11-19(30)29-13-3-1-12(2-4-13)8-28-21(31)18-10-26-17(9-27-18)20(24)25/h5-7,9-10,12-13,20H,1-4,8,11H2,(H,28,31)(H,29,30). The summed E-state index contributed by atoms with van der Waals surface area (Å²) in [5.74, 6) is -0.941. The zero-order chi connectivity index (χ0) is 23.1. The molecule has 7 nitrogen and oxygen atoms in total. The van der Waals surface area contributed by atoms with E-state index in [0.717, 1.165) is 44.1 Å². The van der Waals surface area contributed by atoms with E-state index in [4.69, 9.17) is 16.3 Å². The largest absolute Gasteiger partial charge is 0.484 e. The van der Waals surface area contributed by atoms with E-state index in [2.05, 4.69) is 20.6 Å². The maximum atomic E-state index is 13.4. The number of alkyl halides is 2. The van der Waals surface area contributed by atoms with Crippen molar-refractivity contribution in [3.8, 4) is 5.75 Å². The van der Waals surface area contributed by atoms with Gasteiger partial charge < -0.3 is 15.4 Å².